The third-order valence-corrected chi connectivity index (χ3v) is 6.99. The van der Waals surface area contributed by atoms with Crippen molar-refractivity contribution in [2.75, 3.05) is 32.5 Å². The Morgan fingerprint density at radius 3 is 2.56 bits per heavy atom. The third-order valence-electron chi connectivity index (χ3n) is 6.12. The van der Waals surface area contributed by atoms with Gasteiger partial charge in [0.05, 0.1) is 5.52 Å². The van der Waals surface area contributed by atoms with Crippen molar-refractivity contribution >= 4 is 40.1 Å². The zero-order valence-corrected chi connectivity index (χ0v) is 23.2. The smallest absolute Gasteiger partial charge is 0.434 e. The molecule has 0 unspecified atom stereocenters. The highest BCUT2D eigenvalue weighted by Gasteiger charge is 2.34. The predicted octanol–water partition coefficient (Wildman–Crippen LogP) is 5.00. The number of nitrogens with zero attached hydrogens (tertiary/aromatic N) is 4. The van der Waals surface area contributed by atoms with Crippen LogP contribution >= 0.6 is 11.3 Å². The lowest BCUT2D eigenvalue weighted by molar-refractivity contribution is -0.140. The Kier molecular flexibility index (Phi) is 8.73. The zero-order chi connectivity index (χ0) is 29.9. The van der Waals surface area contributed by atoms with Crippen LogP contribution in [0.15, 0.2) is 46.8 Å². The van der Waals surface area contributed by atoms with Crippen molar-refractivity contribution in [2.24, 2.45) is 0 Å². The number of nitrogens with one attached hydrogen (secondary N) is 2. The van der Waals surface area contributed by atoms with Crippen LogP contribution in [0, 0.1) is 0 Å². The van der Waals surface area contributed by atoms with Gasteiger partial charge in [0.15, 0.2) is 5.69 Å². The number of hydrogen-bond donors (Lipinski definition) is 3. The van der Waals surface area contributed by atoms with Crippen LogP contribution in [0.1, 0.15) is 29.4 Å². The lowest BCUT2D eigenvalue weighted by Gasteiger charge is -2.16. The molecule has 4 rings (SSSR count). The molecule has 0 fully saturated rings. The Morgan fingerprint density at radius 1 is 1.17 bits per heavy atom. The van der Waals surface area contributed by atoms with Crippen molar-refractivity contribution in [2.45, 2.75) is 26.1 Å². The van der Waals surface area contributed by atoms with Crippen LogP contribution in [0.2, 0.25) is 0 Å². The van der Waals surface area contributed by atoms with Gasteiger partial charge < -0.3 is 19.9 Å². The molecule has 0 saturated carbocycles. The van der Waals surface area contributed by atoms with Gasteiger partial charge in [0, 0.05) is 53.9 Å². The number of pyridine rings is 2. The second-order valence-corrected chi connectivity index (χ2v) is 10.3. The van der Waals surface area contributed by atoms with Crippen molar-refractivity contribution in [3.8, 4) is 21.7 Å². The summed E-state index contributed by atoms with van der Waals surface area (Å²) in [4.78, 5) is 47.2. The number of carbonyl (C=O) groups is 2. The highest BCUT2D eigenvalue weighted by Crippen LogP contribution is 2.39. The molecule has 0 spiro atoms. The maximum Gasteiger partial charge on any atom is 0.434 e. The molecule has 2 amide bonds. The van der Waals surface area contributed by atoms with Gasteiger partial charge in [-0.25, -0.2) is 19.6 Å². The quantitative estimate of drug-likeness (QED) is 0.251. The standard InChI is InChI=1S/C27H27F3N6O4S/c1-4-7-31-26(40)34-22-11-16(24-33-21(14-41-24)27(28,29)30)18(12-32-22)15-5-6-20-17(10-15)23(37)19(25(38)39)13-36(20)9-8-35(2)3/h5-6,10-14H,4,7-9H2,1-3H3,(H,38,39)(H2,31,32,34,40). The third kappa shape index (κ3) is 6.72. The molecule has 3 aromatic heterocycles. The fourth-order valence-corrected chi connectivity index (χ4v) is 4.92. The summed E-state index contributed by atoms with van der Waals surface area (Å²) in [6.07, 6.45) is -1.28. The number of benzene rings is 1. The Bertz CT molecular complexity index is 1670. The average Bonchev–Trinajstić information content (AvgIpc) is 3.42. The normalized spacial score (nSPS) is 11.7. The fraction of sp³-hybridized carbons (Fsp3) is 0.296. The number of carboxylic acids is 1. The lowest BCUT2D eigenvalue weighted by atomic mass is 9.99. The maximum atomic E-state index is 13.4. The number of carboxylic acid groups (broad SMARTS) is 1. The van der Waals surface area contributed by atoms with E-state index in [-0.39, 0.29) is 21.8 Å². The number of halogens is 3. The number of rotatable bonds is 9. The molecule has 0 atom stereocenters. The molecule has 3 N–H and O–H groups in total. The molecule has 0 aliphatic carbocycles. The second-order valence-electron chi connectivity index (χ2n) is 9.44. The Morgan fingerprint density at radius 2 is 1.93 bits per heavy atom. The first-order chi connectivity index (χ1) is 19.4. The van der Waals surface area contributed by atoms with Gasteiger partial charge in [-0.05, 0) is 44.3 Å². The Balaban J connectivity index is 1.88. The molecular weight excluding hydrogens is 561 g/mol. The first-order valence-corrected chi connectivity index (χ1v) is 13.4. The summed E-state index contributed by atoms with van der Waals surface area (Å²) in [7, 11) is 3.73. The van der Waals surface area contributed by atoms with Crippen molar-refractivity contribution < 1.29 is 27.9 Å². The summed E-state index contributed by atoms with van der Waals surface area (Å²) in [6, 6.07) is 5.71. The van der Waals surface area contributed by atoms with Gasteiger partial charge in [0.2, 0.25) is 5.43 Å². The number of likely N-dealkylation sites (N-methyl/N-ethyl adjacent to an activating group) is 1. The predicted molar refractivity (Wildman–Crippen MR) is 150 cm³/mol. The molecule has 0 aliphatic heterocycles. The largest absolute Gasteiger partial charge is 0.477 e. The molecule has 14 heteroatoms. The molecule has 0 saturated heterocycles. The second kappa shape index (κ2) is 12.1. The number of alkyl halides is 3. The van der Waals surface area contributed by atoms with E-state index in [1.165, 1.54) is 24.5 Å². The highest BCUT2D eigenvalue weighted by molar-refractivity contribution is 7.13. The van der Waals surface area contributed by atoms with E-state index in [1.807, 2.05) is 25.9 Å². The summed E-state index contributed by atoms with van der Waals surface area (Å²) in [6.45, 7) is 3.29. The molecule has 216 valence electrons. The maximum absolute atomic E-state index is 13.4. The van der Waals surface area contributed by atoms with Gasteiger partial charge in [0.1, 0.15) is 16.4 Å². The van der Waals surface area contributed by atoms with E-state index in [0.717, 1.165) is 16.7 Å². The van der Waals surface area contributed by atoms with Gasteiger partial charge in [0.25, 0.3) is 0 Å². The molecule has 10 nitrogen and oxygen atoms in total. The number of aromatic carboxylic acids is 1. The minimum absolute atomic E-state index is 0.0227. The number of fused-ring (bicyclic) bond motifs is 1. The number of urea groups is 1. The average molecular weight is 589 g/mol. The summed E-state index contributed by atoms with van der Waals surface area (Å²) >= 11 is 0.769. The molecule has 0 aliphatic rings. The van der Waals surface area contributed by atoms with E-state index in [0.29, 0.717) is 42.7 Å². The van der Waals surface area contributed by atoms with E-state index in [1.54, 1.807) is 16.7 Å². The van der Waals surface area contributed by atoms with Gasteiger partial charge in [-0.2, -0.15) is 13.2 Å². The SMILES string of the molecule is CCCNC(=O)Nc1cc(-c2nc(C(F)(F)F)cs2)c(-c2ccc3c(c2)c(=O)c(C(=O)O)cn3CCN(C)C)cn1. The first kappa shape index (κ1) is 29.7. The summed E-state index contributed by atoms with van der Waals surface area (Å²) < 4.78 is 41.8. The molecule has 1 aromatic carbocycles. The van der Waals surface area contributed by atoms with Crippen LogP contribution in [-0.2, 0) is 12.7 Å². The van der Waals surface area contributed by atoms with Crippen LogP contribution in [0.25, 0.3) is 32.6 Å². The van der Waals surface area contributed by atoms with Crippen LogP contribution in [0.3, 0.4) is 0 Å². The fourth-order valence-electron chi connectivity index (χ4n) is 4.07. The number of aromatic nitrogens is 3. The Hall–Kier alpha value is -4.30. The summed E-state index contributed by atoms with van der Waals surface area (Å²) in [5.41, 5.74) is -0.668. The minimum atomic E-state index is -4.66. The molecule has 0 radical (unpaired) electrons. The number of thiazole rings is 1. The Labute approximate surface area is 236 Å². The van der Waals surface area contributed by atoms with E-state index in [2.05, 4.69) is 20.6 Å². The summed E-state index contributed by atoms with van der Waals surface area (Å²) in [5.74, 6) is -1.29. The van der Waals surface area contributed by atoms with Gasteiger partial charge in [-0.1, -0.05) is 13.0 Å². The minimum Gasteiger partial charge on any atom is -0.477 e. The lowest BCUT2D eigenvalue weighted by Crippen LogP contribution is -2.29. The van der Waals surface area contributed by atoms with E-state index in [4.69, 9.17) is 0 Å². The summed E-state index contributed by atoms with van der Waals surface area (Å²) in [5, 5.41) is 15.9. The van der Waals surface area contributed by atoms with Crippen LogP contribution in [0.4, 0.5) is 23.8 Å². The zero-order valence-electron chi connectivity index (χ0n) is 22.4. The van der Waals surface area contributed by atoms with Crippen LogP contribution < -0.4 is 16.1 Å². The van der Waals surface area contributed by atoms with Crippen LogP contribution in [0.5, 0.6) is 0 Å². The topological polar surface area (TPSA) is 129 Å². The monoisotopic (exact) mass is 588 g/mol. The van der Waals surface area contributed by atoms with Crippen molar-refractivity contribution in [3.63, 3.8) is 0 Å². The van der Waals surface area contributed by atoms with Gasteiger partial charge in [-0.15, -0.1) is 11.3 Å². The van der Waals surface area contributed by atoms with Crippen molar-refractivity contribution in [1.29, 1.82) is 0 Å². The van der Waals surface area contributed by atoms with E-state index >= 15 is 0 Å². The molecule has 4 aromatic rings. The van der Waals surface area contributed by atoms with Crippen molar-refractivity contribution in [3.05, 3.63) is 63.5 Å². The van der Waals surface area contributed by atoms with E-state index < -0.39 is 34.9 Å². The number of anilines is 1. The molecule has 3 heterocycles. The van der Waals surface area contributed by atoms with Gasteiger partial charge in [-0.3, -0.25) is 10.1 Å². The molecule has 41 heavy (non-hydrogen) atoms. The van der Waals surface area contributed by atoms with Crippen LogP contribution in [-0.4, -0.2) is 63.7 Å². The highest BCUT2D eigenvalue weighted by atomic mass is 32.1. The van der Waals surface area contributed by atoms with E-state index in [9.17, 15) is 32.7 Å². The van der Waals surface area contributed by atoms with Gasteiger partial charge >= 0.3 is 18.2 Å². The number of carbonyl (C=O) groups excluding carboxylic acids is 1. The molecule has 0 bridgehead atoms. The molecular formula is C27H27F3N6O4S. The first-order valence-electron chi connectivity index (χ1n) is 12.5. The number of amides is 2. The van der Waals surface area contributed by atoms with Crippen molar-refractivity contribution in [1.82, 2.24) is 24.8 Å². The number of hydrogen-bond acceptors (Lipinski definition) is 7.